The van der Waals surface area contributed by atoms with Crippen molar-refractivity contribution in [3.63, 3.8) is 0 Å². The zero-order valence-corrected chi connectivity index (χ0v) is 14.7. The third-order valence-electron chi connectivity index (χ3n) is 3.83. The number of fused-ring (bicyclic) bond motifs is 1. The number of rotatable bonds is 5. The van der Waals surface area contributed by atoms with Crippen molar-refractivity contribution in [1.29, 1.82) is 0 Å². The number of nitrogens with zero attached hydrogens (tertiary/aromatic N) is 2. The molecule has 0 aliphatic rings. The Morgan fingerprint density at radius 2 is 1.85 bits per heavy atom. The van der Waals surface area contributed by atoms with E-state index in [0.717, 1.165) is 4.68 Å². The van der Waals surface area contributed by atoms with Crippen molar-refractivity contribution in [1.82, 2.24) is 9.66 Å². The number of methoxy groups -OCH3 is 1. The van der Waals surface area contributed by atoms with Gasteiger partial charge in [-0.25, -0.2) is 9.59 Å². The lowest BCUT2D eigenvalue weighted by Crippen LogP contribution is -2.32. The highest BCUT2D eigenvalue weighted by atomic mass is 16.6. The van der Waals surface area contributed by atoms with Crippen LogP contribution in [0.2, 0.25) is 0 Å². The van der Waals surface area contributed by atoms with E-state index in [9.17, 15) is 14.4 Å². The highest BCUT2D eigenvalue weighted by molar-refractivity contribution is 5.80. The van der Waals surface area contributed by atoms with Gasteiger partial charge >= 0.3 is 11.7 Å². The Kier molecular flexibility index (Phi) is 5.16. The molecule has 0 fully saturated rings. The molecule has 0 bridgehead atoms. The molecule has 3 aromatic rings. The van der Waals surface area contributed by atoms with Crippen LogP contribution >= 0.6 is 0 Å². The quantitative estimate of drug-likeness (QED) is 0.544. The van der Waals surface area contributed by atoms with Gasteiger partial charge in [0.15, 0.2) is 6.10 Å². The number of esters is 1. The molecule has 0 saturated heterocycles. The highest BCUT2D eigenvalue weighted by Crippen LogP contribution is 2.13. The van der Waals surface area contributed by atoms with Gasteiger partial charge in [-0.1, -0.05) is 12.1 Å². The second kappa shape index (κ2) is 7.69. The molecule has 1 heterocycles. The second-order valence-electron chi connectivity index (χ2n) is 5.69. The van der Waals surface area contributed by atoms with Crippen molar-refractivity contribution in [2.45, 2.75) is 13.0 Å². The summed E-state index contributed by atoms with van der Waals surface area (Å²) in [5, 5.41) is 4.35. The second-order valence-corrected chi connectivity index (χ2v) is 5.69. The number of benzene rings is 2. The van der Waals surface area contributed by atoms with Crippen LogP contribution in [0.5, 0.6) is 5.75 Å². The van der Waals surface area contributed by atoms with Crippen LogP contribution in [-0.4, -0.2) is 35.1 Å². The summed E-state index contributed by atoms with van der Waals surface area (Å²) in [5.41, 5.74) is -0.0213. The fourth-order valence-corrected chi connectivity index (χ4v) is 2.43. The van der Waals surface area contributed by atoms with Crippen LogP contribution in [0.4, 0.5) is 0 Å². The molecule has 27 heavy (non-hydrogen) atoms. The topological polar surface area (TPSA) is 103 Å². The van der Waals surface area contributed by atoms with E-state index >= 15 is 0 Å². The first-order valence-electron chi connectivity index (χ1n) is 8.12. The maximum absolute atomic E-state index is 12.4. The molecule has 0 radical (unpaired) electrons. The van der Waals surface area contributed by atoms with Gasteiger partial charge in [-0.2, -0.15) is 5.10 Å². The van der Waals surface area contributed by atoms with E-state index < -0.39 is 23.3 Å². The number of carbonyl (C=O) groups is 1. The molecule has 0 spiro atoms. The molecule has 8 nitrogen and oxygen atoms in total. The lowest BCUT2D eigenvalue weighted by Gasteiger charge is -2.12. The smallest absolute Gasteiger partial charge is 0.349 e. The van der Waals surface area contributed by atoms with Crippen molar-refractivity contribution < 1.29 is 14.3 Å². The molecule has 0 unspecified atom stereocenters. The summed E-state index contributed by atoms with van der Waals surface area (Å²) in [7, 11) is 1.29. The first kappa shape index (κ1) is 18.1. The van der Waals surface area contributed by atoms with Gasteiger partial charge in [-0.15, -0.1) is 4.68 Å². The minimum atomic E-state index is -0.732. The van der Waals surface area contributed by atoms with E-state index in [1.165, 1.54) is 13.3 Å². The van der Waals surface area contributed by atoms with Gasteiger partial charge in [0.1, 0.15) is 5.75 Å². The molecule has 1 N–H and O–H groups in total. The number of hydrogen-bond acceptors (Lipinski definition) is 6. The normalized spacial score (nSPS) is 12.2. The molecule has 1 atom stereocenters. The summed E-state index contributed by atoms with van der Waals surface area (Å²) in [5.74, 6) is 0.00122. The van der Waals surface area contributed by atoms with Crippen LogP contribution < -0.4 is 16.0 Å². The summed E-state index contributed by atoms with van der Waals surface area (Å²) in [4.78, 5) is 38.5. The molecule has 1 aromatic heterocycles. The Labute approximate surface area is 153 Å². The Morgan fingerprint density at radius 1 is 1.15 bits per heavy atom. The first-order chi connectivity index (χ1) is 13.0. The van der Waals surface area contributed by atoms with E-state index in [1.807, 2.05) is 0 Å². The number of nitrogens with one attached hydrogen (secondary N) is 1. The molecule has 0 aliphatic carbocycles. The standard InChI is InChI=1S/C19H17N3O5/c1-12(18(24)26-2)27-14-9-7-13(8-10-14)11-20-22-17(23)15-5-3-4-6-16(15)21-19(22)25/h3-12H,1-2H3,(H,21,25)/t12-/m0/s1. The monoisotopic (exact) mass is 367 g/mol. The summed E-state index contributed by atoms with van der Waals surface area (Å²) in [6.07, 6.45) is 0.656. The SMILES string of the molecule is COC(=O)[C@H](C)Oc1ccc(C=Nn2c(=O)[nH]c3ccccc3c2=O)cc1. The van der Waals surface area contributed by atoms with Crippen molar-refractivity contribution in [3.05, 3.63) is 74.9 Å². The molecular formula is C19H17N3O5. The molecule has 8 heteroatoms. The van der Waals surface area contributed by atoms with Gasteiger partial charge in [0.05, 0.1) is 24.2 Å². The summed E-state index contributed by atoms with van der Waals surface area (Å²) in [6, 6.07) is 13.4. The Bertz CT molecular complexity index is 1110. The van der Waals surface area contributed by atoms with Crippen LogP contribution in [0.3, 0.4) is 0 Å². The van der Waals surface area contributed by atoms with E-state index in [4.69, 9.17) is 4.74 Å². The number of para-hydroxylation sites is 1. The van der Waals surface area contributed by atoms with Gasteiger partial charge in [-0.05, 0) is 48.9 Å². The lowest BCUT2D eigenvalue weighted by atomic mass is 10.2. The molecular weight excluding hydrogens is 350 g/mol. The number of aromatic nitrogens is 2. The minimum absolute atomic E-state index is 0.370. The highest BCUT2D eigenvalue weighted by Gasteiger charge is 2.14. The first-order valence-corrected chi connectivity index (χ1v) is 8.12. The Balaban J connectivity index is 1.83. The fraction of sp³-hybridized carbons (Fsp3) is 0.158. The van der Waals surface area contributed by atoms with Crippen LogP contribution in [0.15, 0.2) is 63.2 Å². The van der Waals surface area contributed by atoms with Gasteiger partial charge in [-0.3, -0.25) is 4.79 Å². The van der Waals surface area contributed by atoms with Gasteiger partial charge in [0.25, 0.3) is 5.56 Å². The molecule has 3 rings (SSSR count). The third kappa shape index (κ3) is 3.95. The summed E-state index contributed by atoms with van der Waals surface area (Å²) < 4.78 is 10.8. The van der Waals surface area contributed by atoms with Crippen molar-refractivity contribution in [2.75, 3.05) is 7.11 Å². The minimum Gasteiger partial charge on any atom is -0.479 e. The fourth-order valence-electron chi connectivity index (χ4n) is 2.43. The van der Waals surface area contributed by atoms with Crippen molar-refractivity contribution in [2.24, 2.45) is 5.10 Å². The number of aromatic amines is 1. The third-order valence-corrected chi connectivity index (χ3v) is 3.83. The van der Waals surface area contributed by atoms with E-state index in [1.54, 1.807) is 55.5 Å². The largest absolute Gasteiger partial charge is 0.479 e. The molecule has 2 aromatic carbocycles. The zero-order valence-electron chi connectivity index (χ0n) is 14.7. The van der Waals surface area contributed by atoms with Gasteiger partial charge < -0.3 is 14.5 Å². The maximum Gasteiger partial charge on any atom is 0.349 e. The number of carbonyl (C=O) groups excluding carboxylic acids is 1. The van der Waals surface area contributed by atoms with Crippen LogP contribution in [0.25, 0.3) is 10.9 Å². The maximum atomic E-state index is 12.4. The predicted octanol–water partition coefficient (Wildman–Crippen LogP) is 1.51. The van der Waals surface area contributed by atoms with Gasteiger partial charge in [0, 0.05) is 0 Å². The average Bonchev–Trinajstić information content (AvgIpc) is 2.68. The van der Waals surface area contributed by atoms with E-state index in [2.05, 4.69) is 14.8 Å². The lowest BCUT2D eigenvalue weighted by molar-refractivity contribution is -0.147. The van der Waals surface area contributed by atoms with Crippen molar-refractivity contribution >= 4 is 23.1 Å². The Morgan fingerprint density at radius 3 is 2.56 bits per heavy atom. The van der Waals surface area contributed by atoms with Gasteiger partial charge in [0.2, 0.25) is 0 Å². The molecule has 0 amide bonds. The van der Waals surface area contributed by atoms with E-state index in [-0.39, 0.29) is 0 Å². The van der Waals surface area contributed by atoms with Crippen LogP contribution in [0, 0.1) is 0 Å². The van der Waals surface area contributed by atoms with Crippen molar-refractivity contribution in [3.8, 4) is 5.75 Å². The summed E-state index contributed by atoms with van der Waals surface area (Å²) in [6.45, 7) is 1.58. The number of ether oxygens (including phenoxy) is 2. The molecule has 0 aliphatic heterocycles. The number of H-pyrrole nitrogens is 1. The average molecular weight is 367 g/mol. The zero-order chi connectivity index (χ0) is 19.4. The molecule has 0 saturated carbocycles. The summed E-state index contributed by atoms with van der Waals surface area (Å²) >= 11 is 0. The van der Waals surface area contributed by atoms with E-state index in [0.29, 0.717) is 22.2 Å². The predicted molar refractivity (Wildman–Crippen MR) is 100 cm³/mol. The molecule has 138 valence electrons. The Hall–Kier alpha value is -3.68. The number of hydrogen-bond donors (Lipinski definition) is 1. The van der Waals surface area contributed by atoms with Crippen LogP contribution in [0.1, 0.15) is 12.5 Å². The van der Waals surface area contributed by atoms with Crippen LogP contribution in [-0.2, 0) is 9.53 Å².